The average molecular weight is 421 g/mol. The maximum atomic E-state index is 12.5. The Labute approximate surface area is 181 Å². The Hall–Kier alpha value is -1.69. The highest BCUT2D eigenvalue weighted by atomic mass is 16.6. The normalized spacial score (nSPS) is 19.2. The second-order valence-corrected chi connectivity index (χ2v) is 9.07. The van der Waals surface area contributed by atoms with Crippen LogP contribution >= 0.6 is 0 Å². The first-order valence-electron chi connectivity index (χ1n) is 10.8. The Morgan fingerprint density at radius 1 is 1.00 bits per heavy atom. The molecule has 0 aliphatic rings. The molecule has 1 unspecified atom stereocenters. The number of carbonyl (C=O) groups is 1. The maximum Gasteiger partial charge on any atom is 0.336 e. The van der Waals surface area contributed by atoms with Crippen LogP contribution in [0, 0.1) is 11.3 Å². The van der Waals surface area contributed by atoms with E-state index >= 15 is 0 Å². The van der Waals surface area contributed by atoms with Crippen LogP contribution in [0.3, 0.4) is 0 Å². The lowest BCUT2D eigenvalue weighted by Crippen LogP contribution is -2.44. The summed E-state index contributed by atoms with van der Waals surface area (Å²) in [4.78, 5) is 12.5. The van der Waals surface area contributed by atoms with Crippen molar-refractivity contribution in [2.75, 3.05) is 0 Å². The van der Waals surface area contributed by atoms with E-state index in [0.29, 0.717) is 6.42 Å². The van der Waals surface area contributed by atoms with E-state index < -0.39 is 35.8 Å². The topological polar surface area (TPSA) is 87.0 Å². The van der Waals surface area contributed by atoms with Gasteiger partial charge >= 0.3 is 5.97 Å². The van der Waals surface area contributed by atoms with Crippen LogP contribution in [0.4, 0.5) is 0 Å². The monoisotopic (exact) mass is 420 g/mol. The molecule has 0 radical (unpaired) electrons. The van der Waals surface area contributed by atoms with E-state index in [4.69, 9.17) is 4.74 Å². The second kappa shape index (κ2) is 11.1. The van der Waals surface area contributed by atoms with Gasteiger partial charge in [-0.25, -0.2) is 4.79 Å². The number of ether oxygens (including phenoxy) is 1. The number of aliphatic hydroxyl groups is 3. The molecule has 0 bridgehead atoms. The zero-order chi connectivity index (χ0) is 23.2. The zero-order valence-electron chi connectivity index (χ0n) is 19.7. The third-order valence-electron chi connectivity index (χ3n) is 6.73. The first-order chi connectivity index (χ1) is 13.9. The lowest BCUT2D eigenvalue weighted by Gasteiger charge is -2.39. The Bertz CT molecular complexity index is 710. The summed E-state index contributed by atoms with van der Waals surface area (Å²) < 4.78 is 5.54. The zero-order valence-corrected chi connectivity index (χ0v) is 19.7. The van der Waals surface area contributed by atoms with Gasteiger partial charge in [-0.3, -0.25) is 0 Å². The summed E-state index contributed by atoms with van der Waals surface area (Å²) in [6.07, 6.45) is -2.61. The number of carbonyl (C=O) groups excluding carboxylic acids is 1. The lowest BCUT2D eigenvalue weighted by atomic mass is 9.72. The first kappa shape index (κ1) is 26.3. The SMILES string of the molecule is CC[C@H](O)C(C)(C)[C@@H](O)[C@@H](C)/C(C)=C(\C)C(C)OC(=O)[C@H](O)[C@@H](C)c1ccccc1. The largest absolute Gasteiger partial charge is 0.456 e. The predicted molar refractivity (Wildman–Crippen MR) is 120 cm³/mol. The summed E-state index contributed by atoms with van der Waals surface area (Å²) in [6.45, 7) is 14.8. The van der Waals surface area contributed by atoms with Crippen molar-refractivity contribution in [1.29, 1.82) is 0 Å². The van der Waals surface area contributed by atoms with E-state index in [9.17, 15) is 20.1 Å². The van der Waals surface area contributed by atoms with Gasteiger partial charge in [-0.2, -0.15) is 0 Å². The van der Waals surface area contributed by atoms with Crippen molar-refractivity contribution in [3.8, 4) is 0 Å². The van der Waals surface area contributed by atoms with Gasteiger partial charge in [-0.05, 0) is 38.3 Å². The van der Waals surface area contributed by atoms with Crippen LogP contribution in [0.25, 0.3) is 0 Å². The minimum atomic E-state index is -1.26. The molecule has 0 saturated heterocycles. The molecular formula is C25H40O5. The van der Waals surface area contributed by atoms with Crippen molar-refractivity contribution in [2.45, 2.75) is 92.1 Å². The summed E-state index contributed by atoms with van der Waals surface area (Å²) in [5, 5.41) is 31.6. The Morgan fingerprint density at radius 3 is 2.03 bits per heavy atom. The number of aliphatic hydroxyl groups excluding tert-OH is 3. The van der Waals surface area contributed by atoms with Gasteiger partial charge in [-0.15, -0.1) is 0 Å². The molecule has 1 aromatic rings. The van der Waals surface area contributed by atoms with E-state index in [1.54, 1.807) is 13.8 Å². The van der Waals surface area contributed by atoms with Crippen molar-refractivity contribution >= 4 is 5.97 Å². The summed E-state index contributed by atoms with van der Waals surface area (Å²) in [7, 11) is 0. The standard InChI is InChI=1S/C25H40O5/c1-9-21(26)25(7,8)23(28)17(4)15(2)16(3)19(6)30-24(29)22(27)18(5)20-13-11-10-12-14-20/h10-14,17-19,21-23,26-28H,9H2,1-8H3/b16-15+/t17-,18-,19?,21-,22+,23-/m0/s1. The van der Waals surface area contributed by atoms with E-state index in [-0.39, 0.29) is 11.8 Å². The molecular weight excluding hydrogens is 380 g/mol. The predicted octanol–water partition coefficient (Wildman–Crippen LogP) is 4.21. The summed E-state index contributed by atoms with van der Waals surface area (Å²) >= 11 is 0. The summed E-state index contributed by atoms with van der Waals surface area (Å²) in [6, 6.07) is 9.36. The van der Waals surface area contributed by atoms with Gasteiger partial charge in [0, 0.05) is 17.3 Å². The van der Waals surface area contributed by atoms with E-state index in [0.717, 1.165) is 16.7 Å². The number of esters is 1. The highest BCUT2D eigenvalue weighted by molar-refractivity contribution is 5.76. The third kappa shape index (κ3) is 6.16. The lowest BCUT2D eigenvalue weighted by molar-refractivity contribution is -0.157. The molecule has 0 amide bonds. The molecule has 0 heterocycles. The molecule has 30 heavy (non-hydrogen) atoms. The van der Waals surface area contributed by atoms with Crippen LogP contribution in [0.1, 0.15) is 73.3 Å². The Balaban J connectivity index is 2.89. The highest BCUT2D eigenvalue weighted by Crippen LogP contribution is 2.35. The number of hydrogen-bond donors (Lipinski definition) is 3. The van der Waals surface area contributed by atoms with Gasteiger partial charge in [0.1, 0.15) is 6.10 Å². The molecule has 3 N–H and O–H groups in total. The summed E-state index contributed by atoms with van der Waals surface area (Å²) in [5.74, 6) is -1.27. The van der Waals surface area contributed by atoms with Crippen molar-refractivity contribution < 1.29 is 24.9 Å². The molecule has 1 rings (SSSR count). The minimum absolute atomic E-state index is 0.226. The van der Waals surface area contributed by atoms with Gasteiger partial charge in [0.05, 0.1) is 12.2 Å². The Kier molecular flexibility index (Phi) is 9.73. The van der Waals surface area contributed by atoms with Crippen molar-refractivity contribution in [1.82, 2.24) is 0 Å². The van der Waals surface area contributed by atoms with Crippen molar-refractivity contribution in [3.05, 3.63) is 47.0 Å². The first-order valence-corrected chi connectivity index (χ1v) is 10.8. The van der Waals surface area contributed by atoms with Gasteiger partial charge in [-0.1, -0.05) is 70.5 Å². The number of benzene rings is 1. The van der Waals surface area contributed by atoms with E-state index in [2.05, 4.69) is 0 Å². The molecule has 0 aromatic heterocycles. The van der Waals surface area contributed by atoms with Crippen LogP contribution in [0.2, 0.25) is 0 Å². The van der Waals surface area contributed by atoms with Crippen molar-refractivity contribution in [3.63, 3.8) is 0 Å². The molecule has 170 valence electrons. The molecule has 0 fully saturated rings. The van der Waals surface area contributed by atoms with Crippen LogP contribution in [-0.2, 0) is 9.53 Å². The van der Waals surface area contributed by atoms with Gasteiger partial charge in [0.2, 0.25) is 0 Å². The quantitative estimate of drug-likeness (QED) is 0.390. The van der Waals surface area contributed by atoms with Gasteiger partial charge in [0.25, 0.3) is 0 Å². The highest BCUT2D eigenvalue weighted by Gasteiger charge is 2.38. The molecule has 0 aliphatic carbocycles. The third-order valence-corrected chi connectivity index (χ3v) is 6.73. The van der Waals surface area contributed by atoms with Crippen molar-refractivity contribution in [2.24, 2.45) is 11.3 Å². The molecule has 6 atom stereocenters. The Morgan fingerprint density at radius 2 is 1.53 bits per heavy atom. The molecule has 1 aromatic carbocycles. The molecule has 0 saturated carbocycles. The fraction of sp³-hybridized carbons (Fsp3) is 0.640. The fourth-order valence-electron chi connectivity index (χ4n) is 3.76. The van der Waals surface area contributed by atoms with Gasteiger partial charge < -0.3 is 20.1 Å². The molecule has 0 aliphatic heterocycles. The van der Waals surface area contributed by atoms with Crippen LogP contribution in [-0.4, -0.2) is 45.7 Å². The molecule has 0 spiro atoms. The van der Waals surface area contributed by atoms with Crippen LogP contribution in [0.5, 0.6) is 0 Å². The van der Waals surface area contributed by atoms with Gasteiger partial charge in [0.15, 0.2) is 6.10 Å². The van der Waals surface area contributed by atoms with E-state index in [1.807, 2.05) is 71.9 Å². The van der Waals surface area contributed by atoms with E-state index in [1.165, 1.54) is 0 Å². The maximum absolute atomic E-state index is 12.5. The van der Waals surface area contributed by atoms with Crippen LogP contribution in [0.15, 0.2) is 41.5 Å². The fourth-order valence-corrected chi connectivity index (χ4v) is 3.76. The average Bonchev–Trinajstić information content (AvgIpc) is 2.75. The number of hydrogen-bond acceptors (Lipinski definition) is 5. The minimum Gasteiger partial charge on any atom is -0.456 e. The smallest absolute Gasteiger partial charge is 0.336 e. The second-order valence-electron chi connectivity index (χ2n) is 9.07. The van der Waals surface area contributed by atoms with Crippen LogP contribution < -0.4 is 0 Å². The molecule has 5 heteroatoms. The number of rotatable bonds is 10. The summed E-state index contributed by atoms with van der Waals surface area (Å²) in [5.41, 5.74) is 1.93. The molecule has 5 nitrogen and oxygen atoms in total.